The Kier molecular flexibility index (Phi) is 7.07. The topological polar surface area (TPSA) is 73.9 Å². The lowest BCUT2D eigenvalue weighted by molar-refractivity contribution is -0.147. The van der Waals surface area contributed by atoms with Crippen LogP contribution in [0.15, 0.2) is 24.3 Å². The summed E-state index contributed by atoms with van der Waals surface area (Å²) in [7, 11) is 1.57. The molecule has 0 aromatic heterocycles. The van der Waals surface area contributed by atoms with Crippen molar-refractivity contribution in [3.05, 3.63) is 29.8 Å². The van der Waals surface area contributed by atoms with Crippen molar-refractivity contribution in [2.45, 2.75) is 58.8 Å². The Morgan fingerprint density at radius 2 is 1.71 bits per heavy atom. The van der Waals surface area contributed by atoms with Gasteiger partial charge in [-0.1, -0.05) is 12.1 Å². The maximum Gasteiger partial charge on any atom is 0.408 e. The summed E-state index contributed by atoms with van der Waals surface area (Å²) < 4.78 is 15.6. The molecule has 0 spiro atoms. The molecule has 6 nitrogen and oxygen atoms in total. The van der Waals surface area contributed by atoms with E-state index in [9.17, 15) is 9.59 Å². The zero-order valence-electron chi connectivity index (χ0n) is 15.2. The maximum absolute atomic E-state index is 12.1. The van der Waals surface area contributed by atoms with E-state index in [0.29, 0.717) is 5.75 Å². The normalized spacial score (nSPS) is 12.5. The highest BCUT2D eigenvalue weighted by Crippen LogP contribution is 2.22. The molecule has 0 fully saturated rings. The first-order valence-corrected chi connectivity index (χ1v) is 7.93. The van der Waals surface area contributed by atoms with E-state index in [1.165, 1.54) is 0 Å². The molecule has 0 heterocycles. The quantitative estimate of drug-likeness (QED) is 0.803. The van der Waals surface area contributed by atoms with Crippen LogP contribution in [0.4, 0.5) is 4.79 Å². The highest BCUT2D eigenvalue weighted by Gasteiger charge is 2.23. The second kappa shape index (κ2) is 8.57. The molecular formula is C18H27NO5. The van der Waals surface area contributed by atoms with Gasteiger partial charge in [0.05, 0.1) is 25.7 Å². The SMILES string of the molecule is COc1ccc([C@@H](CC(=O)OC(C)C)NC(=O)OC(C)(C)C)cc1. The molecule has 0 saturated heterocycles. The Morgan fingerprint density at radius 3 is 2.17 bits per heavy atom. The molecule has 0 aliphatic heterocycles. The van der Waals surface area contributed by atoms with E-state index in [4.69, 9.17) is 14.2 Å². The fourth-order valence-corrected chi connectivity index (χ4v) is 2.02. The molecular weight excluding hydrogens is 310 g/mol. The van der Waals surface area contributed by atoms with Gasteiger partial charge in [-0.25, -0.2) is 4.79 Å². The number of nitrogens with one attached hydrogen (secondary N) is 1. The van der Waals surface area contributed by atoms with E-state index < -0.39 is 17.7 Å². The van der Waals surface area contributed by atoms with E-state index in [2.05, 4.69) is 5.32 Å². The molecule has 1 aromatic rings. The Morgan fingerprint density at radius 1 is 1.12 bits per heavy atom. The number of hydrogen-bond acceptors (Lipinski definition) is 5. The smallest absolute Gasteiger partial charge is 0.408 e. The van der Waals surface area contributed by atoms with E-state index >= 15 is 0 Å². The molecule has 0 aliphatic carbocycles. The number of carbonyl (C=O) groups excluding carboxylic acids is 2. The van der Waals surface area contributed by atoms with Gasteiger partial charge in [-0.15, -0.1) is 0 Å². The molecule has 1 rings (SSSR count). The first-order valence-electron chi connectivity index (χ1n) is 7.93. The van der Waals surface area contributed by atoms with E-state index in [1.807, 2.05) is 0 Å². The standard InChI is InChI=1S/C18H27NO5/c1-12(2)23-16(20)11-15(19-17(21)24-18(3,4)5)13-7-9-14(22-6)10-8-13/h7-10,12,15H,11H2,1-6H3,(H,19,21)/t15-/m1/s1. The summed E-state index contributed by atoms with van der Waals surface area (Å²) in [6.45, 7) is 8.90. The zero-order valence-corrected chi connectivity index (χ0v) is 15.2. The number of ether oxygens (including phenoxy) is 3. The fraction of sp³-hybridized carbons (Fsp3) is 0.556. The van der Waals surface area contributed by atoms with Gasteiger partial charge in [0.2, 0.25) is 0 Å². The van der Waals surface area contributed by atoms with Crippen LogP contribution in [0.2, 0.25) is 0 Å². The Balaban J connectivity index is 2.89. The number of amides is 1. The molecule has 24 heavy (non-hydrogen) atoms. The van der Waals surface area contributed by atoms with Crippen LogP contribution in [0.1, 0.15) is 52.6 Å². The van der Waals surface area contributed by atoms with E-state index in [1.54, 1.807) is 66.0 Å². The average molecular weight is 337 g/mol. The van der Waals surface area contributed by atoms with Crippen molar-refractivity contribution < 1.29 is 23.8 Å². The Bertz CT molecular complexity index is 546. The lowest BCUT2D eigenvalue weighted by Gasteiger charge is -2.24. The van der Waals surface area contributed by atoms with Crippen LogP contribution in [-0.2, 0) is 14.3 Å². The number of carbonyl (C=O) groups is 2. The summed E-state index contributed by atoms with van der Waals surface area (Å²) in [5.74, 6) is 0.307. The highest BCUT2D eigenvalue weighted by atomic mass is 16.6. The average Bonchev–Trinajstić information content (AvgIpc) is 2.43. The molecule has 6 heteroatoms. The summed E-state index contributed by atoms with van der Waals surface area (Å²) in [6.07, 6.45) is -0.778. The lowest BCUT2D eigenvalue weighted by Crippen LogP contribution is -2.36. The number of alkyl carbamates (subject to hydrolysis) is 1. The van der Waals surface area contributed by atoms with Crippen LogP contribution in [0, 0.1) is 0 Å². The van der Waals surface area contributed by atoms with Crippen LogP contribution in [0.5, 0.6) is 5.75 Å². The summed E-state index contributed by atoms with van der Waals surface area (Å²) >= 11 is 0. The Hall–Kier alpha value is -2.24. The van der Waals surface area contributed by atoms with Gasteiger partial charge in [-0.3, -0.25) is 4.79 Å². The van der Waals surface area contributed by atoms with Gasteiger partial charge >= 0.3 is 12.1 Å². The number of hydrogen-bond donors (Lipinski definition) is 1. The molecule has 134 valence electrons. The molecule has 0 aliphatic rings. The predicted octanol–water partition coefficient (Wildman–Crippen LogP) is 3.60. The number of methoxy groups -OCH3 is 1. The minimum absolute atomic E-state index is 0.0176. The fourth-order valence-electron chi connectivity index (χ4n) is 2.02. The van der Waals surface area contributed by atoms with Gasteiger partial charge in [0.25, 0.3) is 0 Å². The number of benzene rings is 1. The van der Waals surface area contributed by atoms with Crippen molar-refractivity contribution in [1.29, 1.82) is 0 Å². The van der Waals surface area contributed by atoms with Crippen molar-refractivity contribution in [2.24, 2.45) is 0 Å². The van der Waals surface area contributed by atoms with Crippen molar-refractivity contribution in [1.82, 2.24) is 5.32 Å². The van der Waals surface area contributed by atoms with Gasteiger partial charge in [0.1, 0.15) is 11.4 Å². The van der Waals surface area contributed by atoms with Gasteiger partial charge in [-0.2, -0.15) is 0 Å². The van der Waals surface area contributed by atoms with Gasteiger partial charge in [-0.05, 0) is 52.3 Å². The van der Waals surface area contributed by atoms with Crippen LogP contribution in [0.25, 0.3) is 0 Å². The minimum Gasteiger partial charge on any atom is -0.497 e. The molecule has 1 atom stereocenters. The largest absolute Gasteiger partial charge is 0.497 e. The third-order valence-corrected chi connectivity index (χ3v) is 2.95. The molecule has 0 radical (unpaired) electrons. The molecule has 0 bridgehead atoms. The van der Waals surface area contributed by atoms with Crippen molar-refractivity contribution in [3.8, 4) is 5.75 Å². The van der Waals surface area contributed by atoms with Crippen LogP contribution in [-0.4, -0.2) is 30.9 Å². The number of esters is 1. The lowest BCUT2D eigenvalue weighted by atomic mass is 10.0. The molecule has 0 saturated carbocycles. The zero-order chi connectivity index (χ0) is 18.3. The van der Waals surface area contributed by atoms with Crippen LogP contribution in [0.3, 0.4) is 0 Å². The maximum atomic E-state index is 12.1. The molecule has 1 N–H and O–H groups in total. The summed E-state index contributed by atoms with van der Waals surface area (Å²) in [5.41, 5.74) is 0.148. The predicted molar refractivity (Wildman–Crippen MR) is 90.9 cm³/mol. The minimum atomic E-state index is -0.618. The molecule has 1 amide bonds. The monoisotopic (exact) mass is 337 g/mol. The van der Waals surface area contributed by atoms with Crippen molar-refractivity contribution >= 4 is 12.1 Å². The summed E-state index contributed by atoms with van der Waals surface area (Å²) in [4.78, 5) is 24.0. The van der Waals surface area contributed by atoms with Gasteiger partial charge < -0.3 is 19.5 Å². The third kappa shape index (κ3) is 7.35. The summed E-state index contributed by atoms with van der Waals surface area (Å²) in [5, 5.41) is 2.73. The van der Waals surface area contributed by atoms with Crippen molar-refractivity contribution in [3.63, 3.8) is 0 Å². The second-order valence-electron chi connectivity index (χ2n) is 6.71. The van der Waals surface area contributed by atoms with Crippen molar-refractivity contribution in [2.75, 3.05) is 7.11 Å². The molecule has 0 unspecified atom stereocenters. The van der Waals surface area contributed by atoms with Crippen LogP contribution >= 0.6 is 0 Å². The van der Waals surface area contributed by atoms with Crippen LogP contribution < -0.4 is 10.1 Å². The first kappa shape index (κ1) is 19.8. The Labute approximate surface area is 143 Å². The van der Waals surface area contributed by atoms with E-state index in [0.717, 1.165) is 5.56 Å². The summed E-state index contributed by atoms with van der Waals surface area (Å²) in [6, 6.07) is 6.59. The van der Waals surface area contributed by atoms with Gasteiger partial charge in [0.15, 0.2) is 0 Å². The van der Waals surface area contributed by atoms with Gasteiger partial charge in [0, 0.05) is 0 Å². The number of rotatable bonds is 6. The second-order valence-corrected chi connectivity index (χ2v) is 6.71. The highest BCUT2D eigenvalue weighted by molar-refractivity contribution is 5.73. The van der Waals surface area contributed by atoms with E-state index in [-0.39, 0.29) is 18.5 Å². The molecule has 1 aromatic carbocycles. The third-order valence-electron chi connectivity index (χ3n) is 2.95. The first-order chi connectivity index (χ1) is 11.1.